The third kappa shape index (κ3) is 1.40. The molecule has 0 aromatic carbocycles. The number of carbonyl (C=O) groups excluding carboxylic acids is 4. The van der Waals surface area contributed by atoms with E-state index in [1.807, 2.05) is 0 Å². The summed E-state index contributed by atoms with van der Waals surface area (Å²) in [7, 11) is 0. The number of aliphatic hydroxyl groups excluding tert-OH is 2. The third-order valence-electron chi connectivity index (χ3n) is 8.69. The quantitative estimate of drug-likeness (QED) is 0.278. The molecule has 6 aliphatic rings. The van der Waals surface area contributed by atoms with Crippen LogP contribution in [0.3, 0.4) is 0 Å². The summed E-state index contributed by atoms with van der Waals surface area (Å²) in [5.74, 6) is -6.19. The molecule has 6 fully saturated rings. The van der Waals surface area contributed by atoms with Gasteiger partial charge in [0, 0.05) is 5.92 Å². The van der Waals surface area contributed by atoms with Crippen LogP contribution in [-0.4, -0.2) is 80.9 Å². The van der Waals surface area contributed by atoms with Crippen molar-refractivity contribution in [2.45, 2.75) is 69.6 Å². The van der Waals surface area contributed by atoms with Crippen LogP contribution in [-0.2, 0) is 38.1 Å². The van der Waals surface area contributed by atoms with Crippen LogP contribution in [0.15, 0.2) is 0 Å². The van der Waals surface area contributed by atoms with Gasteiger partial charge in [0.25, 0.3) is 0 Å². The molecule has 2 aliphatic carbocycles. The number of hydrogen-bond donors (Lipinski definition) is 3. The van der Waals surface area contributed by atoms with Gasteiger partial charge < -0.3 is 34.3 Å². The third-order valence-corrected chi connectivity index (χ3v) is 8.69. The van der Waals surface area contributed by atoms with Gasteiger partial charge in [-0.15, -0.1) is 0 Å². The molecule has 0 radical (unpaired) electrons. The van der Waals surface area contributed by atoms with E-state index in [9.17, 15) is 34.5 Å². The average Bonchev–Trinajstić information content (AvgIpc) is 3.35. The highest BCUT2D eigenvalue weighted by molar-refractivity contribution is 6.04. The van der Waals surface area contributed by atoms with E-state index in [0.29, 0.717) is 0 Å². The molecule has 4 aliphatic heterocycles. The molecule has 4 heterocycles. The van der Waals surface area contributed by atoms with E-state index >= 15 is 0 Å². The van der Waals surface area contributed by atoms with Gasteiger partial charge in [0.1, 0.15) is 11.5 Å². The Labute approximate surface area is 175 Å². The molecule has 3 unspecified atom stereocenters. The molecule has 6 rings (SSSR count). The number of ketones is 1. The van der Waals surface area contributed by atoms with Crippen LogP contribution in [0, 0.1) is 28.1 Å². The Morgan fingerprint density at radius 3 is 2.23 bits per heavy atom. The number of rotatable bonds is 0. The van der Waals surface area contributed by atoms with Crippen molar-refractivity contribution in [3.05, 3.63) is 0 Å². The fourth-order valence-corrected chi connectivity index (χ4v) is 7.96. The van der Waals surface area contributed by atoms with Crippen molar-refractivity contribution in [2.24, 2.45) is 28.1 Å². The van der Waals surface area contributed by atoms with Crippen molar-refractivity contribution >= 4 is 23.7 Å². The molecule has 4 saturated heterocycles. The summed E-state index contributed by atoms with van der Waals surface area (Å²) in [6, 6.07) is 0. The Hall–Kier alpha value is -2.08. The van der Waals surface area contributed by atoms with Crippen LogP contribution < -0.4 is 0 Å². The Balaban J connectivity index is 1.76. The van der Waals surface area contributed by atoms with Gasteiger partial charge in [-0.1, -0.05) is 20.8 Å². The molecule has 168 valence electrons. The van der Waals surface area contributed by atoms with Gasteiger partial charge in [-0.25, -0.2) is 9.59 Å². The standard InChI is InChI=1S/C20H22O11/c1-5-12(24)28-11-8(22)18-10-6(21)7(16(2,3)4)17(18)9(23)13(25)30-15(17)31-20(18,14(26)29-10)19(5,11)27/h5,7-11,15,22-23,27H,1-4H3/t5-,7+,8+,9+,10?,11+,15?,17?,18-,19-,20+/m1/s1. The highest BCUT2D eigenvalue weighted by Gasteiger charge is 3.05. The Morgan fingerprint density at radius 2 is 1.61 bits per heavy atom. The number of ether oxygens (including phenoxy) is 4. The van der Waals surface area contributed by atoms with Gasteiger partial charge >= 0.3 is 17.9 Å². The molecule has 0 bridgehead atoms. The lowest BCUT2D eigenvalue weighted by molar-refractivity contribution is -0.239. The molecular weight excluding hydrogens is 416 g/mol. The zero-order valence-corrected chi connectivity index (χ0v) is 17.1. The van der Waals surface area contributed by atoms with Gasteiger partial charge in [0.15, 0.2) is 29.7 Å². The van der Waals surface area contributed by atoms with Crippen LogP contribution in [0.1, 0.15) is 27.7 Å². The predicted octanol–water partition coefficient (Wildman–Crippen LogP) is -2.19. The molecule has 11 heteroatoms. The van der Waals surface area contributed by atoms with E-state index in [-0.39, 0.29) is 0 Å². The van der Waals surface area contributed by atoms with Crippen molar-refractivity contribution in [1.29, 1.82) is 0 Å². The maximum atomic E-state index is 13.7. The SMILES string of the molecule is C[C@@H]1C(=O)O[C@H]2[C@H](O)[C@]34C5OC(=O)[C@@]3(OC3OC(=O)[C@H](O)C34[C@H](C(C)(C)C)C5=O)[C@@]12O. The summed E-state index contributed by atoms with van der Waals surface area (Å²) in [5.41, 5.74) is -9.80. The van der Waals surface area contributed by atoms with E-state index in [4.69, 9.17) is 18.9 Å². The summed E-state index contributed by atoms with van der Waals surface area (Å²) in [5, 5.41) is 34.6. The number of fused-ring (bicyclic) bond motifs is 1. The second-order valence-corrected chi connectivity index (χ2v) is 10.6. The number of Topliss-reactive ketones (excluding diaryl/α,β-unsaturated/α-hetero) is 1. The summed E-state index contributed by atoms with van der Waals surface area (Å²) < 4.78 is 22.0. The van der Waals surface area contributed by atoms with Crippen LogP contribution in [0.4, 0.5) is 0 Å². The summed E-state index contributed by atoms with van der Waals surface area (Å²) in [6.45, 7) is 6.43. The number of carbonyl (C=O) groups is 4. The molecule has 31 heavy (non-hydrogen) atoms. The van der Waals surface area contributed by atoms with Gasteiger partial charge in [0.2, 0.25) is 11.9 Å². The van der Waals surface area contributed by atoms with Crippen molar-refractivity contribution < 1.29 is 53.4 Å². The van der Waals surface area contributed by atoms with E-state index in [1.165, 1.54) is 6.92 Å². The lowest BCUT2D eigenvalue weighted by Crippen LogP contribution is -2.67. The maximum Gasteiger partial charge on any atom is 0.343 e. The van der Waals surface area contributed by atoms with Crippen LogP contribution in [0.25, 0.3) is 0 Å². The minimum absolute atomic E-state index is 0.616. The molecule has 3 N–H and O–H groups in total. The zero-order valence-electron chi connectivity index (χ0n) is 17.1. The van der Waals surface area contributed by atoms with E-state index in [0.717, 1.165) is 0 Å². The van der Waals surface area contributed by atoms with Gasteiger partial charge in [0.05, 0.1) is 11.3 Å². The van der Waals surface area contributed by atoms with Crippen molar-refractivity contribution in [1.82, 2.24) is 0 Å². The van der Waals surface area contributed by atoms with Gasteiger partial charge in [-0.2, -0.15) is 0 Å². The van der Waals surface area contributed by atoms with Gasteiger partial charge in [-0.05, 0) is 12.3 Å². The smallest absolute Gasteiger partial charge is 0.343 e. The first-order valence-electron chi connectivity index (χ1n) is 10.2. The lowest BCUT2D eigenvalue weighted by Gasteiger charge is -2.46. The molecule has 2 spiro atoms. The van der Waals surface area contributed by atoms with E-state index < -0.39 is 93.7 Å². The molecule has 11 atom stereocenters. The van der Waals surface area contributed by atoms with Crippen molar-refractivity contribution in [3.8, 4) is 0 Å². The summed E-state index contributed by atoms with van der Waals surface area (Å²) in [4.78, 5) is 51.9. The molecule has 0 amide bonds. The molecular formula is C20H22O11. The first-order valence-corrected chi connectivity index (χ1v) is 10.2. The Morgan fingerprint density at radius 1 is 0.968 bits per heavy atom. The topological polar surface area (TPSA) is 166 Å². The minimum atomic E-state index is -2.46. The Bertz CT molecular complexity index is 1000. The fourth-order valence-electron chi connectivity index (χ4n) is 7.96. The maximum absolute atomic E-state index is 13.7. The predicted molar refractivity (Wildman–Crippen MR) is 92.4 cm³/mol. The zero-order chi connectivity index (χ0) is 22.7. The highest BCUT2D eigenvalue weighted by Crippen LogP contribution is 2.83. The van der Waals surface area contributed by atoms with E-state index in [1.54, 1.807) is 20.8 Å². The van der Waals surface area contributed by atoms with Crippen molar-refractivity contribution in [2.75, 3.05) is 0 Å². The minimum Gasteiger partial charge on any atom is -0.456 e. The monoisotopic (exact) mass is 438 g/mol. The molecule has 2 saturated carbocycles. The summed E-state index contributed by atoms with van der Waals surface area (Å²) in [6.07, 6.45) is -8.68. The lowest BCUT2D eigenvalue weighted by atomic mass is 9.51. The van der Waals surface area contributed by atoms with Crippen LogP contribution in [0.2, 0.25) is 0 Å². The van der Waals surface area contributed by atoms with Crippen LogP contribution >= 0.6 is 0 Å². The Kier molecular flexibility index (Phi) is 3.03. The fraction of sp³-hybridized carbons (Fsp3) is 0.800. The van der Waals surface area contributed by atoms with E-state index in [2.05, 4.69) is 0 Å². The highest BCUT2D eigenvalue weighted by atomic mass is 16.8. The van der Waals surface area contributed by atoms with Crippen LogP contribution in [0.5, 0.6) is 0 Å². The van der Waals surface area contributed by atoms with Gasteiger partial charge in [-0.3, -0.25) is 9.59 Å². The molecule has 0 aromatic rings. The molecule has 11 nitrogen and oxygen atoms in total. The normalized spacial score (nSPS) is 58.6. The summed E-state index contributed by atoms with van der Waals surface area (Å²) >= 11 is 0. The largest absolute Gasteiger partial charge is 0.456 e. The molecule has 0 aromatic heterocycles. The number of hydrogen-bond acceptors (Lipinski definition) is 11. The second kappa shape index (κ2) is 4.80. The first-order chi connectivity index (χ1) is 14.3. The first kappa shape index (κ1) is 19.6. The number of esters is 3. The number of aliphatic hydroxyl groups is 3. The second-order valence-electron chi connectivity index (χ2n) is 10.6. The van der Waals surface area contributed by atoms with Crippen molar-refractivity contribution in [3.63, 3.8) is 0 Å². The average molecular weight is 438 g/mol.